The molecule has 0 aromatic carbocycles. The minimum atomic E-state index is 0.392. The Balaban J connectivity index is 2.32. The highest BCUT2D eigenvalue weighted by Gasteiger charge is 2.25. The molecule has 3 atom stereocenters. The number of rotatable bonds is 5. The molecular formula is C11H23NO2. The molecule has 0 aromatic rings. The van der Waals surface area contributed by atoms with Crippen molar-refractivity contribution in [3.8, 4) is 0 Å². The molecule has 0 amide bonds. The zero-order chi connectivity index (χ0) is 10.4. The Morgan fingerprint density at radius 3 is 2.64 bits per heavy atom. The summed E-state index contributed by atoms with van der Waals surface area (Å²) in [5, 5.41) is 3.57. The number of nitrogens with one attached hydrogen (secondary N) is 1. The fraction of sp³-hybridized carbons (Fsp3) is 1.00. The van der Waals surface area contributed by atoms with E-state index in [0.29, 0.717) is 18.2 Å². The number of hydrogen-bond acceptors (Lipinski definition) is 3. The van der Waals surface area contributed by atoms with Crippen LogP contribution in [-0.4, -0.2) is 39.0 Å². The first-order valence-electron chi connectivity index (χ1n) is 5.55. The third-order valence-corrected chi connectivity index (χ3v) is 2.92. The normalized spacial score (nSPS) is 30.2. The molecular weight excluding hydrogens is 178 g/mol. The van der Waals surface area contributed by atoms with Crippen molar-refractivity contribution in [1.29, 1.82) is 0 Å². The maximum Gasteiger partial charge on any atom is 0.0724 e. The van der Waals surface area contributed by atoms with E-state index in [9.17, 15) is 0 Å². The van der Waals surface area contributed by atoms with Crippen LogP contribution >= 0.6 is 0 Å². The molecule has 84 valence electrons. The van der Waals surface area contributed by atoms with E-state index >= 15 is 0 Å². The summed E-state index contributed by atoms with van der Waals surface area (Å²) in [6, 6.07) is 0.930. The van der Waals surface area contributed by atoms with Crippen LogP contribution in [0.2, 0.25) is 0 Å². The predicted octanol–water partition coefficient (Wildman–Crippen LogP) is 1.57. The highest BCUT2D eigenvalue weighted by Crippen LogP contribution is 2.21. The van der Waals surface area contributed by atoms with Crippen LogP contribution in [0.15, 0.2) is 0 Å². The van der Waals surface area contributed by atoms with Gasteiger partial charge in [0.15, 0.2) is 0 Å². The third kappa shape index (κ3) is 3.56. The molecule has 0 bridgehead atoms. The molecule has 0 heterocycles. The highest BCUT2D eigenvalue weighted by molar-refractivity contribution is 4.83. The van der Waals surface area contributed by atoms with Gasteiger partial charge in [0.2, 0.25) is 0 Å². The molecule has 1 rings (SSSR count). The molecule has 3 heteroatoms. The lowest BCUT2D eigenvalue weighted by Crippen LogP contribution is -2.48. The Labute approximate surface area is 87.2 Å². The van der Waals surface area contributed by atoms with Crippen molar-refractivity contribution >= 4 is 0 Å². The van der Waals surface area contributed by atoms with E-state index in [1.54, 1.807) is 7.11 Å². The molecule has 1 aliphatic carbocycles. The average molecular weight is 201 g/mol. The molecule has 1 N–H and O–H groups in total. The maximum absolute atomic E-state index is 5.48. The van der Waals surface area contributed by atoms with Crippen LogP contribution in [0.25, 0.3) is 0 Å². The second-order valence-corrected chi connectivity index (χ2v) is 4.19. The Kier molecular flexibility index (Phi) is 5.45. The van der Waals surface area contributed by atoms with Gasteiger partial charge >= 0.3 is 0 Å². The van der Waals surface area contributed by atoms with Crippen molar-refractivity contribution in [2.75, 3.05) is 20.8 Å². The fourth-order valence-electron chi connectivity index (χ4n) is 2.23. The summed E-state index contributed by atoms with van der Waals surface area (Å²) in [6.07, 6.45) is 5.43. The van der Waals surface area contributed by atoms with Crippen molar-refractivity contribution in [1.82, 2.24) is 5.32 Å². The summed E-state index contributed by atoms with van der Waals surface area (Å²) < 4.78 is 10.6. The van der Waals surface area contributed by atoms with Gasteiger partial charge in [-0.05, 0) is 19.8 Å². The lowest BCUT2D eigenvalue weighted by molar-refractivity contribution is 0.0336. The Morgan fingerprint density at radius 1 is 1.29 bits per heavy atom. The van der Waals surface area contributed by atoms with Gasteiger partial charge in [-0.15, -0.1) is 0 Å². The summed E-state index contributed by atoms with van der Waals surface area (Å²) in [7, 11) is 3.55. The topological polar surface area (TPSA) is 30.5 Å². The Bertz CT molecular complexity index is 152. The van der Waals surface area contributed by atoms with Crippen LogP contribution in [0.1, 0.15) is 32.6 Å². The molecule has 0 unspecified atom stereocenters. The quantitative estimate of drug-likeness (QED) is 0.732. The van der Waals surface area contributed by atoms with Crippen LogP contribution < -0.4 is 5.32 Å². The van der Waals surface area contributed by atoms with Gasteiger partial charge in [0.1, 0.15) is 0 Å². The zero-order valence-corrected chi connectivity index (χ0v) is 9.58. The zero-order valence-electron chi connectivity index (χ0n) is 9.58. The van der Waals surface area contributed by atoms with Crippen molar-refractivity contribution in [3.63, 3.8) is 0 Å². The lowest BCUT2D eigenvalue weighted by atomic mass is 9.92. The van der Waals surface area contributed by atoms with Crippen LogP contribution in [0.5, 0.6) is 0 Å². The van der Waals surface area contributed by atoms with Gasteiger partial charge in [-0.25, -0.2) is 0 Å². The van der Waals surface area contributed by atoms with Gasteiger partial charge in [0.05, 0.1) is 12.7 Å². The molecule has 1 aliphatic rings. The molecule has 3 nitrogen and oxygen atoms in total. The summed E-state index contributed by atoms with van der Waals surface area (Å²) in [6.45, 7) is 2.93. The van der Waals surface area contributed by atoms with E-state index in [-0.39, 0.29) is 0 Å². The van der Waals surface area contributed by atoms with E-state index in [2.05, 4.69) is 12.2 Å². The molecule has 0 spiro atoms. The Hall–Kier alpha value is -0.120. The largest absolute Gasteiger partial charge is 0.383 e. The first-order chi connectivity index (χ1) is 6.77. The highest BCUT2D eigenvalue weighted by atomic mass is 16.5. The summed E-state index contributed by atoms with van der Waals surface area (Å²) in [5.41, 5.74) is 0. The van der Waals surface area contributed by atoms with E-state index in [0.717, 1.165) is 6.61 Å². The van der Waals surface area contributed by atoms with E-state index in [1.807, 2.05) is 7.11 Å². The third-order valence-electron chi connectivity index (χ3n) is 2.92. The number of methoxy groups -OCH3 is 2. The first-order valence-corrected chi connectivity index (χ1v) is 5.55. The lowest BCUT2D eigenvalue weighted by Gasteiger charge is -2.33. The molecule has 0 aromatic heterocycles. The molecule has 14 heavy (non-hydrogen) atoms. The summed E-state index contributed by atoms with van der Waals surface area (Å²) in [5.74, 6) is 0. The van der Waals surface area contributed by atoms with Gasteiger partial charge in [-0.1, -0.05) is 12.8 Å². The minimum absolute atomic E-state index is 0.392. The van der Waals surface area contributed by atoms with Gasteiger partial charge in [0, 0.05) is 26.3 Å². The predicted molar refractivity (Wildman–Crippen MR) is 57.5 cm³/mol. The molecule has 1 saturated carbocycles. The smallest absolute Gasteiger partial charge is 0.0724 e. The molecule has 0 saturated heterocycles. The van der Waals surface area contributed by atoms with Gasteiger partial charge < -0.3 is 14.8 Å². The molecule has 0 aliphatic heterocycles. The van der Waals surface area contributed by atoms with Crippen LogP contribution in [0.4, 0.5) is 0 Å². The van der Waals surface area contributed by atoms with E-state index in [1.165, 1.54) is 25.7 Å². The standard InChI is InChI=1S/C11H23NO2/c1-9(8-13-2)12-10-6-4-5-7-11(10)14-3/h9-12H,4-8H2,1-3H3/t9-,10+,11-/m0/s1. The van der Waals surface area contributed by atoms with E-state index in [4.69, 9.17) is 9.47 Å². The number of ether oxygens (including phenoxy) is 2. The molecule has 0 radical (unpaired) electrons. The van der Waals surface area contributed by atoms with Crippen molar-refractivity contribution in [3.05, 3.63) is 0 Å². The second kappa shape index (κ2) is 6.38. The van der Waals surface area contributed by atoms with Crippen LogP contribution in [0.3, 0.4) is 0 Å². The first kappa shape index (κ1) is 12.0. The average Bonchev–Trinajstić information content (AvgIpc) is 2.19. The van der Waals surface area contributed by atoms with Crippen molar-refractivity contribution < 1.29 is 9.47 Å². The fourth-order valence-corrected chi connectivity index (χ4v) is 2.23. The van der Waals surface area contributed by atoms with E-state index < -0.39 is 0 Å². The summed E-state index contributed by atoms with van der Waals surface area (Å²) >= 11 is 0. The SMILES string of the molecule is COC[C@H](C)N[C@@H]1CCCC[C@@H]1OC. The molecule has 1 fully saturated rings. The van der Waals surface area contributed by atoms with Crippen molar-refractivity contribution in [2.24, 2.45) is 0 Å². The van der Waals surface area contributed by atoms with Gasteiger partial charge in [0.25, 0.3) is 0 Å². The summed E-state index contributed by atoms with van der Waals surface area (Å²) in [4.78, 5) is 0. The van der Waals surface area contributed by atoms with Crippen LogP contribution in [0, 0.1) is 0 Å². The van der Waals surface area contributed by atoms with Gasteiger partial charge in [-0.3, -0.25) is 0 Å². The van der Waals surface area contributed by atoms with Crippen LogP contribution in [-0.2, 0) is 9.47 Å². The second-order valence-electron chi connectivity index (χ2n) is 4.19. The number of hydrogen-bond donors (Lipinski definition) is 1. The van der Waals surface area contributed by atoms with Gasteiger partial charge in [-0.2, -0.15) is 0 Å². The van der Waals surface area contributed by atoms with Crippen molar-refractivity contribution in [2.45, 2.75) is 50.8 Å². The monoisotopic (exact) mass is 201 g/mol. The maximum atomic E-state index is 5.48. The Morgan fingerprint density at radius 2 is 2.00 bits per heavy atom. The minimum Gasteiger partial charge on any atom is -0.383 e.